The van der Waals surface area contributed by atoms with Gasteiger partial charge in [-0.1, -0.05) is 0 Å². The maximum absolute atomic E-state index is 9.44. The minimum Gasteiger partial charge on any atom is -0.512 e. The van der Waals surface area contributed by atoms with Gasteiger partial charge in [-0.2, -0.15) is 0 Å². The van der Waals surface area contributed by atoms with E-state index in [2.05, 4.69) is 4.12 Å². The molecule has 56 valence electrons. The average molecular weight is 174 g/mol. The van der Waals surface area contributed by atoms with Crippen molar-refractivity contribution in [2.45, 2.75) is 0 Å². The molecule has 9 heavy (non-hydrogen) atoms. The highest BCUT2D eigenvalue weighted by atomic mass is 28.4. The Morgan fingerprint density at radius 1 is 1.00 bits per heavy atom. The highest BCUT2D eigenvalue weighted by Crippen LogP contribution is 1.62. The Balaban J connectivity index is -0.000000180. The molecule has 0 aliphatic carbocycles. The third kappa shape index (κ3) is 18.7. The zero-order valence-corrected chi connectivity index (χ0v) is 6.12. The molecule has 7 nitrogen and oxygen atoms in total. The van der Waals surface area contributed by atoms with Crippen molar-refractivity contribution in [1.29, 1.82) is 0 Å². The molecule has 0 spiro atoms. The molecule has 0 heterocycles. The summed E-state index contributed by atoms with van der Waals surface area (Å²) in [7, 11) is -6.40. The lowest BCUT2D eigenvalue weighted by molar-refractivity contribution is 0.275. The molecular formula is H6O7Si2. The maximum Gasteiger partial charge on any atom is 0.759 e. The van der Waals surface area contributed by atoms with Crippen molar-refractivity contribution >= 4 is 18.3 Å². The smallest absolute Gasteiger partial charge is 0.512 e. The van der Waals surface area contributed by atoms with Gasteiger partial charge in [0.1, 0.15) is 0 Å². The van der Waals surface area contributed by atoms with Crippen molar-refractivity contribution < 1.29 is 33.6 Å². The molecule has 0 rings (SSSR count). The fourth-order valence-electron chi connectivity index (χ4n) is 0.0747. The van der Waals surface area contributed by atoms with Crippen molar-refractivity contribution in [2.24, 2.45) is 0 Å². The van der Waals surface area contributed by atoms with E-state index in [1.54, 1.807) is 0 Å². The van der Waals surface area contributed by atoms with E-state index in [0.29, 0.717) is 0 Å². The summed E-state index contributed by atoms with van der Waals surface area (Å²) in [5.41, 5.74) is 0. The van der Waals surface area contributed by atoms with Crippen LogP contribution in [0, 0.1) is 0 Å². The minimum atomic E-state index is -3.20. The van der Waals surface area contributed by atoms with Crippen LogP contribution < -0.4 is 0 Å². The summed E-state index contributed by atoms with van der Waals surface area (Å²) >= 11 is 0. The predicted molar refractivity (Wildman–Crippen MR) is 25.6 cm³/mol. The molecule has 9 heteroatoms. The highest BCUT2D eigenvalue weighted by molar-refractivity contribution is 6.40. The van der Waals surface area contributed by atoms with Crippen molar-refractivity contribution in [2.75, 3.05) is 0 Å². The normalized spacial score (nSPS) is 5.78. The Kier molecular flexibility index (Phi) is 12.9. The average Bonchev–Trinajstić information content (AvgIpc) is 1.27. The van der Waals surface area contributed by atoms with Crippen LogP contribution in [0.2, 0.25) is 0 Å². The van der Waals surface area contributed by atoms with Gasteiger partial charge in [-0.05, 0) is 0 Å². The lowest BCUT2D eigenvalue weighted by Crippen LogP contribution is -2.14. The van der Waals surface area contributed by atoms with Crippen LogP contribution in [0.25, 0.3) is 0 Å². The van der Waals surface area contributed by atoms with Gasteiger partial charge in [-0.3, -0.25) is 8.92 Å². The molecule has 6 N–H and O–H groups in total. The summed E-state index contributed by atoms with van der Waals surface area (Å²) in [6, 6.07) is 0. The third-order valence-electron chi connectivity index (χ3n) is 0.175. The Labute approximate surface area is 52.9 Å². The summed E-state index contributed by atoms with van der Waals surface area (Å²) in [5, 5.41) is 0. The van der Waals surface area contributed by atoms with Gasteiger partial charge >= 0.3 is 18.3 Å². The van der Waals surface area contributed by atoms with E-state index in [-0.39, 0.29) is 11.0 Å². The van der Waals surface area contributed by atoms with Crippen LogP contribution in [0.15, 0.2) is 0 Å². The van der Waals surface area contributed by atoms with E-state index in [9.17, 15) is 8.92 Å². The molecule has 0 bridgehead atoms. The van der Waals surface area contributed by atoms with Gasteiger partial charge in [0, 0.05) is 0 Å². The SMILES string of the molecule is O.O.O=[Si](O)O[Si](=O)O. The monoisotopic (exact) mass is 174 g/mol. The van der Waals surface area contributed by atoms with E-state index in [1.165, 1.54) is 0 Å². The fourth-order valence-corrected chi connectivity index (χ4v) is 0.672. The number of rotatable bonds is 2. The fraction of sp³-hybridized carbons (Fsp3) is 0. The van der Waals surface area contributed by atoms with Crippen molar-refractivity contribution in [3.05, 3.63) is 0 Å². The molecule has 0 radical (unpaired) electrons. The molecule has 0 saturated carbocycles. The van der Waals surface area contributed by atoms with Gasteiger partial charge in [0.25, 0.3) is 0 Å². The summed E-state index contributed by atoms with van der Waals surface area (Å²) in [4.78, 5) is 15.4. The van der Waals surface area contributed by atoms with E-state index in [1.807, 2.05) is 0 Å². The van der Waals surface area contributed by atoms with E-state index in [4.69, 9.17) is 9.59 Å². The summed E-state index contributed by atoms with van der Waals surface area (Å²) in [6.45, 7) is 0. The molecule has 0 aromatic heterocycles. The van der Waals surface area contributed by atoms with Crippen LogP contribution in [-0.4, -0.2) is 38.9 Å². The standard InChI is InChI=1S/H2O5Si2.2H2O/c1-6(2)5-7(3)4;;/h1,3H;2*1H2. The lowest BCUT2D eigenvalue weighted by Gasteiger charge is -1.82. The zero-order valence-electron chi connectivity index (χ0n) is 4.12. The van der Waals surface area contributed by atoms with Crippen molar-refractivity contribution in [1.82, 2.24) is 0 Å². The molecule has 0 amide bonds. The molecule has 0 aromatic carbocycles. The van der Waals surface area contributed by atoms with Crippen LogP contribution >= 0.6 is 0 Å². The number of hydrogen-bond acceptors (Lipinski definition) is 3. The molecule has 0 atom stereocenters. The summed E-state index contributed by atoms with van der Waals surface area (Å²) < 4.78 is 22.3. The summed E-state index contributed by atoms with van der Waals surface area (Å²) in [5.74, 6) is 0. The minimum absolute atomic E-state index is 0. The first-order valence-corrected chi connectivity index (χ1v) is 3.79. The Morgan fingerprint density at radius 3 is 1.22 bits per heavy atom. The van der Waals surface area contributed by atoms with Gasteiger partial charge in [0.05, 0.1) is 0 Å². The topological polar surface area (TPSA) is 147 Å². The third-order valence-corrected chi connectivity index (χ3v) is 1.57. The first-order valence-electron chi connectivity index (χ1n) is 1.26. The first-order chi connectivity index (χ1) is 3.13. The second kappa shape index (κ2) is 7.35. The molecule has 0 aromatic rings. The van der Waals surface area contributed by atoms with Gasteiger partial charge in [-0.25, -0.2) is 0 Å². The van der Waals surface area contributed by atoms with E-state index in [0.717, 1.165) is 0 Å². The first kappa shape index (κ1) is 15.8. The number of hydrogen-bond donors (Lipinski definition) is 2. The quantitative estimate of drug-likeness (QED) is 0.411. The lowest BCUT2D eigenvalue weighted by atomic mass is 15.7. The molecule has 0 unspecified atom stereocenters. The van der Waals surface area contributed by atoms with Gasteiger partial charge < -0.3 is 24.7 Å². The van der Waals surface area contributed by atoms with Crippen molar-refractivity contribution in [3.8, 4) is 0 Å². The Morgan fingerprint density at radius 2 is 1.22 bits per heavy atom. The molecule has 0 fully saturated rings. The molecule has 0 saturated heterocycles. The van der Waals surface area contributed by atoms with Crippen LogP contribution in [0.5, 0.6) is 0 Å². The van der Waals surface area contributed by atoms with Crippen LogP contribution in [0.3, 0.4) is 0 Å². The molecular weight excluding hydrogens is 168 g/mol. The summed E-state index contributed by atoms with van der Waals surface area (Å²) in [6.07, 6.45) is 0. The van der Waals surface area contributed by atoms with E-state index < -0.39 is 18.3 Å². The Hall–Kier alpha value is -0.646. The largest absolute Gasteiger partial charge is 0.759 e. The van der Waals surface area contributed by atoms with Gasteiger partial charge in [0.15, 0.2) is 0 Å². The predicted octanol–water partition coefficient (Wildman–Crippen LogP) is -3.83. The van der Waals surface area contributed by atoms with Gasteiger partial charge in [-0.15, -0.1) is 0 Å². The zero-order chi connectivity index (χ0) is 5.86. The van der Waals surface area contributed by atoms with Crippen LogP contribution in [0.4, 0.5) is 0 Å². The van der Waals surface area contributed by atoms with Crippen LogP contribution in [0.1, 0.15) is 0 Å². The van der Waals surface area contributed by atoms with E-state index >= 15 is 0 Å². The molecule has 0 aliphatic rings. The maximum atomic E-state index is 9.44. The van der Waals surface area contributed by atoms with Crippen LogP contribution in [-0.2, 0) is 13.0 Å². The Bertz CT molecular complexity index is 83.1. The second-order valence-corrected chi connectivity index (χ2v) is 2.51. The van der Waals surface area contributed by atoms with Gasteiger partial charge in [0.2, 0.25) is 0 Å². The second-order valence-electron chi connectivity index (χ2n) is 0.634. The van der Waals surface area contributed by atoms with Crippen molar-refractivity contribution in [3.63, 3.8) is 0 Å². The molecule has 0 aliphatic heterocycles. The highest BCUT2D eigenvalue weighted by Gasteiger charge is 2.12.